The number of thiol groups is 1. The summed E-state index contributed by atoms with van der Waals surface area (Å²) in [7, 11) is 0. The van der Waals surface area contributed by atoms with E-state index in [0.717, 1.165) is 5.88 Å². The minimum Gasteiger partial charge on any atom is -0.287 e. The average Bonchev–Trinajstić information content (AvgIpc) is 2.65. The smallest absolute Gasteiger partial charge is 0.0420 e. The van der Waals surface area contributed by atoms with Crippen molar-refractivity contribution in [2.75, 3.05) is 12.4 Å². The van der Waals surface area contributed by atoms with Gasteiger partial charge in [0.25, 0.3) is 0 Å². The summed E-state index contributed by atoms with van der Waals surface area (Å²) in [6.45, 7) is 1.18. The lowest BCUT2D eigenvalue weighted by Gasteiger charge is -2.23. The fourth-order valence-electron chi connectivity index (χ4n) is 2.18. The number of likely N-dealkylation sites (tertiary alicyclic amines) is 1. The highest BCUT2D eigenvalue weighted by Gasteiger charge is 2.24. The maximum absolute atomic E-state index is 4.39. The van der Waals surface area contributed by atoms with E-state index in [2.05, 4.69) is 60.1 Å². The van der Waals surface area contributed by atoms with Gasteiger partial charge >= 0.3 is 0 Å². The van der Waals surface area contributed by atoms with Gasteiger partial charge in [0.15, 0.2) is 0 Å². The first-order valence-corrected chi connectivity index (χ1v) is 6.11. The van der Waals surface area contributed by atoms with Gasteiger partial charge in [-0.15, -0.1) is 0 Å². The number of rotatable bonds is 2. The van der Waals surface area contributed by atoms with Crippen LogP contribution in [0.5, 0.6) is 0 Å². The van der Waals surface area contributed by atoms with Crippen molar-refractivity contribution in [3.63, 3.8) is 0 Å². The molecular weight excluding hydrogens is 202 g/mol. The Morgan fingerprint density at radius 1 is 1.20 bits per heavy atom. The summed E-state index contributed by atoms with van der Waals surface area (Å²) < 4.78 is 0. The van der Waals surface area contributed by atoms with E-state index in [0.29, 0.717) is 6.04 Å². The Labute approximate surface area is 97.3 Å². The fourth-order valence-corrected chi connectivity index (χ4v) is 2.51. The minimum atomic E-state index is 0.565. The molecule has 1 heterocycles. The van der Waals surface area contributed by atoms with Gasteiger partial charge in [-0.25, -0.2) is 0 Å². The van der Waals surface area contributed by atoms with Crippen LogP contribution >= 0.6 is 12.6 Å². The van der Waals surface area contributed by atoms with Gasteiger partial charge in [-0.05, 0) is 25.0 Å². The van der Waals surface area contributed by atoms with Crippen LogP contribution in [0, 0.1) is 0 Å². The second-order valence-corrected chi connectivity index (χ2v) is 4.19. The van der Waals surface area contributed by atoms with E-state index in [9.17, 15) is 0 Å². The molecule has 1 aliphatic carbocycles. The molecule has 80 valence electrons. The van der Waals surface area contributed by atoms with Gasteiger partial charge in [0.05, 0.1) is 0 Å². The Kier molecular flexibility index (Phi) is 3.87. The number of hydrogen-bond donors (Lipinski definition) is 1. The molecule has 1 nitrogen and oxygen atoms in total. The predicted molar refractivity (Wildman–Crippen MR) is 69.1 cm³/mol. The molecule has 2 rings (SSSR count). The third-order valence-electron chi connectivity index (χ3n) is 2.95. The third-order valence-corrected chi connectivity index (χ3v) is 3.32. The molecule has 0 amide bonds. The van der Waals surface area contributed by atoms with Crippen LogP contribution in [0.2, 0.25) is 0 Å². The first kappa shape index (κ1) is 10.8. The predicted octanol–water partition coefficient (Wildman–Crippen LogP) is 2.95. The zero-order chi connectivity index (χ0) is 10.5. The molecule has 1 unspecified atom stereocenters. The summed E-state index contributed by atoms with van der Waals surface area (Å²) in [5, 5.41) is 0. The van der Waals surface area contributed by atoms with Crippen LogP contribution < -0.4 is 0 Å². The average molecular weight is 219 g/mol. The summed E-state index contributed by atoms with van der Waals surface area (Å²) in [5.41, 5.74) is 1.40. The summed E-state index contributed by atoms with van der Waals surface area (Å²) >= 11 is 4.39. The van der Waals surface area contributed by atoms with Gasteiger partial charge in [0.1, 0.15) is 0 Å². The molecule has 2 heteroatoms. The molecular formula is C13H17NS. The molecule has 15 heavy (non-hydrogen) atoms. The van der Waals surface area contributed by atoms with Crippen molar-refractivity contribution in [3.8, 4) is 0 Å². The Balaban J connectivity index is 2.14. The molecule has 1 atom stereocenters. The first-order chi connectivity index (χ1) is 7.42. The van der Waals surface area contributed by atoms with Crippen molar-refractivity contribution in [3.05, 3.63) is 48.1 Å². The van der Waals surface area contributed by atoms with Crippen LogP contribution in [-0.4, -0.2) is 23.4 Å². The highest BCUT2D eigenvalue weighted by molar-refractivity contribution is 7.80. The summed E-state index contributed by atoms with van der Waals surface area (Å²) in [5.74, 6) is 0.857. The zero-order valence-corrected chi connectivity index (χ0v) is 9.74. The van der Waals surface area contributed by atoms with Crippen molar-refractivity contribution in [1.29, 1.82) is 0 Å². The fraction of sp³-hybridized carbons (Fsp3) is 0.385. The van der Waals surface area contributed by atoms with Crippen molar-refractivity contribution >= 4 is 12.6 Å². The van der Waals surface area contributed by atoms with E-state index in [4.69, 9.17) is 0 Å². The second-order valence-electron chi connectivity index (χ2n) is 3.91. The van der Waals surface area contributed by atoms with E-state index >= 15 is 0 Å². The first-order valence-electron chi connectivity index (χ1n) is 5.48. The largest absolute Gasteiger partial charge is 0.287 e. The molecule has 0 N–H and O–H groups in total. The Bertz CT molecular complexity index is 325. The van der Waals surface area contributed by atoms with Crippen molar-refractivity contribution < 1.29 is 0 Å². The second kappa shape index (κ2) is 5.38. The van der Waals surface area contributed by atoms with E-state index in [-0.39, 0.29) is 0 Å². The monoisotopic (exact) mass is 219 g/mol. The van der Waals surface area contributed by atoms with E-state index in [1.807, 2.05) is 0 Å². The third kappa shape index (κ3) is 2.64. The molecule has 0 bridgehead atoms. The van der Waals surface area contributed by atoms with Crippen molar-refractivity contribution in [2.24, 2.45) is 0 Å². The Hall–Kier alpha value is -0.730. The molecule has 0 saturated carbocycles. The molecule has 1 aliphatic heterocycles. The van der Waals surface area contributed by atoms with Gasteiger partial charge < -0.3 is 0 Å². The summed E-state index contributed by atoms with van der Waals surface area (Å²) in [4.78, 5) is 2.43. The Morgan fingerprint density at radius 2 is 2.00 bits per heavy atom. The van der Waals surface area contributed by atoms with Gasteiger partial charge in [-0.3, -0.25) is 4.90 Å². The summed E-state index contributed by atoms with van der Waals surface area (Å²) in [6, 6.07) is 0.565. The zero-order valence-electron chi connectivity index (χ0n) is 8.84. The number of nitrogens with zero attached hydrogens (tertiary/aromatic N) is 1. The van der Waals surface area contributed by atoms with Crippen molar-refractivity contribution in [2.45, 2.75) is 18.9 Å². The molecule has 0 aromatic rings. The highest BCUT2D eigenvalue weighted by Crippen LogP contribution is 2.25. The molecule has 1 saturated heterocycles. The van der Waals surface area contributed by atoms with Crippen LogP contribution in [0.25, 0.3) is 0 Å². The van der Waals surface area contributed by atoms with Crippen LogP contribution in [-0.2, 0) is 0 Å². The van der Waals surface area contributed by atoms with E-state index < -0.39 is 0 Å². The summed E-state index contributed by atoms with van der Waals surface area (Å²) in [6.07, 6.45) is 17.4. The van der Waals surface area contributed by atoms with Gasteiger partial charge in [-0.2, -0.15) is 12.6 Å². The normalized spacial score (nSPS) is 26.5. The molecule has 0 spiro atoms. The topological polar surface area (TPSA) is 3.24 Å². The standard InChI is InChI=1S/C13H17NS/c15-11-14-10-6-9-13(14)12-7-4-2-1-3-5-8-12/h1-5,7-8,13,15H,6,9-11H2. The lowest BCUT2D eigenvalue weighted by Crippen LogP contribution is -2.29. The Morgan fingerprint density at radius 3 is 2.87 bits per heavy atom. The van der Waals surface area contributed by atoms with Gasteiger partial charge in [0.2, 0.25) is 0 Å². The van der Waals surface area contributed by atoms with Crippen molar-refractivity contribution in [1.82, 2.24) is 4.90 Å². The van der Waals surface area contributed by atoms with Crippen LogP contribution in [0.15, 0.2) is 48.1 Å². The van der Waals surface area contributed by atoms with Crippen LogP contribution in [0.1, 0.15) is 12.8 Å². The molecule has 0 radical (unpaired) electrons. The van der Waals surface area contributed by atoms with E-state index in [1.54, 1.807) is 0 Å². The molecule has 0 aromatic carbocycles. The molecule has 1 fully saturated rings. The number of allylic oxidation sites excluding steroid dienone is 6. The van der Waals surface area contributed by atoms with Crippen LogP contribution in [0.3, 0.4) is 0 Å². The maximum Gasteiger partial charge on any atom is 0.0420 e. The lowest BCUT2D eigenvalue weighted by molar-refractivity contribution is 0.335. The maximum atomic E-state index is 4.39. The van der Waals surface area contributed by atoms with Gasteiger partial charge in [-0.1, -0.05) is 42.5 Å². The van der Waals surface area contributed by atoms with Crippen LogP contribution in [0.4, 0.5) is 0 Å². The SMILES string of the molecule is SCN1CCCC1C1=CC=CC=CC=C1. The quantitative estimate of drug-likeness (QED) is 0.699. The highest BCUT2D eigenvalue weighted by atomic mass is 32.1. The minimum absolute atomic E-state index is 0.565. The lowest BCUT2D eigenvalue weighted by atomic mass is 10.0. The number of hydrogen-bond acceptors (Lipinski definition) is 2. The molecule has 2 aliphatic rings. The van der Waals surface area contributed by atoms with Gasteiger partial charge in [0, 0.05) is 11.9 Å². The van der Waals surface area contributed by atoms with E-state index in [1.165, 1.54) is 25.0 Å². The molecule has 0 aromatic heterocycles.